The van der Waals surface area contributed by atoms with Gasteiger partial charge < -0.3 is 4.74 Å². The van der Waals surface area contributed by atoms with E-state index in [1.54, 1.807) is 24.3 Å². The normalized spacial score (nSPS) is 11.4. The highest BCUT2D eigenvalue weighted by Crippen LogP contribution is 2.15. The fourth-order valence-corrected chi connectivity index (χ4v) is 2.87. The predicted molar refractivity (Wildman–Crippen MR) is 85.6 cm³/mol. The zero-order chi connectivity index (χ0) is 16.0. The molecule has 118 valence electrons. The van der Waals surface area contributed by atoms with Gasteiger partial charge in [-0.1, -0.05) is 29.8 Å². The van der Waals surface area contributed by atoms with Crippen LogP contribution in [0.5, 0.6) is 5.75 Å². The number of hydrogen-bond donors (Lipinski definition) is 0. The highest BCUT2D eigenvalue weighted by atomic mass is 32.2. The molecule has 0 N–H and O–H groups in total. The summed E-state index contributed by atoms with van der Waals surface area (Å²) in [6.45, 7) is 4.57. The van der Waals surface area contributed by atoms with E-state index in [0.29, 0.717) is 13.0 Å². The number of rotatable bonds is 7. The van der Waals surface area contributed by atoms with Gasteiger partial charge in [0.25, 0.3) is 10.1 Å². The lowest BCUT2D eigenvalue weighted by Gasteiger charge is -2.07. The Bertz CT molecular complexity index is 688. The molecule has 0 amide bonds. The van der Waals surface area contributed by atoms with Gasteiger partial charge in [0.15, 0.2) is 0 Å². The Hall–Kier alpha value is -1.85. The van der Waals surface area contributed by atoms with Gasteiger partial charge in [0.1, 0.15) is 5.75 Å². The summed E-state index contributed by atoms with van der Waals surface area (Å²) in [6.07, 6.45) is 0.525. The average molecular weight is 320 g/mol. The molecule has 0 saturated heterocycles. The van der Waals surface area contributed by atoms with Gasteiger partial charge in [0.05, 0.1) is 18.1 Å². The van der Waals surface area contributed by atoms with E-state index in [1.165, 1.54) is 0 Å². The number of hydrogen-bond acceptors (Lipinski definition) is 4. The number of aryl methyl sites for hydroxylation is 1. The molecular weight excluding hydrogens is 300 g/mol. The van der Waals surface area contributed by atoms with Crippen LogP contribution in [-0.2, 0) is 20.7 Å². The molecule has 2 aromatic carbocycles. The molecular formula is C17H20O4S. The maximum Gasteiger partial charge on any atom is 0.296 e. The van der Waals surface area contributed by atoms with Crippen LogP contribution in [0.15, 0.2) is 53.4 Å². The predicted octanol–water partition coefficient (Wildman–Crippen LogP) is 3.34. The summed E-state index contributed by atoms with van der Waals surface area (Å²) in [5.74, 6) is 0.805. The molecule has 0 unspecified atom stereocenters. The van der Waals surface area contributed by atoms with Crippen molar-refractivity contribution >= 4 is 10.1 Å². The minimum Gasteiger partial charge on any atom is -0.494 e. The first kappa shape index (κ1) is 16.5. The van der Waals surface area contributed by atoms with Crippen LogP contribution in [0.3, 0.4) is 0 Å². The molecule has 2 rings (SSSR count). The van der Waals surface area contributed by atoms with Gasteiger partial charge in [0.2, 0.25) is 0 Å². The lowest BCUT2D eigenvalue weighted by atomic mass is 10.1. The summed E-state index contributed by atoms with van der Waals surface area (Å²) < 4.78 is 34.5. The van der Waals surface area contributed by atoms with Gasteiger partial charge in [-0.15, -0.1) is 0 Å². The van der Waals surface area contributed by atoms with Crippen LogP contribution in [0, 0.1) is 6.92 Å². The van der Waals surface area contributed by atoms with E-state index in [-0.39, 0.29) is 11.5 Å². The van der Waals surface area contributed by atoms with Gasteiger partial charge in [-0.2, -0.15) is 8.42 Å². The van der Waals surface area contributed by atoms with Crippen molar-refractivity contribution in [2.24, 2.45) is 0 Å². The zero-order valence-corrected chi connectivity index (χ0v) is 13.6. The summed E-state index contributed by atoms with van der Waals surface area (Å²) in [6, 6.07) is 14.2. The molecule has 0 aliphatic heterocycles. The molecule has 0 fully saturated rings. The molecule has 0 aromatic heterocycles. The highest BCUT2D eigenvalue weighted by Gasteiger charge is 2.14. The van der Waals surface area contributed by atoms with Crippen molar-refractivity contribution in [1.29, 1.82) is 0 Å². The maximum absolute atomic E-state index is 12.0. The Balaban J connectivity index is 1.91. The van der Waals surface area contributed by atoms with Crippen molar-refractivity contribution in [3.63, 3.8) is 0 Å². The van der Waals surface area contributed by atoms with Crippen LogP contribution in [0.1, 0.15) is 18.1 Å². The molecule has 4 nitrogen and oxygen atoms in total. The Labute approximate surface area is 131 Å². The summed E-state index contributed by atoms with van der Waals surface area (Å²) in [4.78, 5) is 0.185. The molecule has 2 aromatic rings. The van der Waals surface area contributed by atoms with Crippen molar-refractivity contribution in [2.45, 2.75) is 25.2 Å². The van der Waals surface area contributed by atoms with E-state index in [2.05, 4.69) is 0 Å². The summed E-state index contributed by atoms with van der Waals surface area (Å²) in [7, 11) is -3.69. The summed E-state index contributed by atoms with van der Waals surface area (Å²) >= 11 is 0. The van der Waals surface area contributed by atoms with Crippen molar-refractivity contribution < 1.29 is 17.3 Å². The Morgan fingerprint density at radius 1 is 0.955 bits per heavy atom. The lowest BCUT2D eigenvalue weighted by molar-refractivity contribution is 0.321. The van der Waals surface area contributed by atoms with E-state index >= 15 is 0 Å². The van der Waals surface area contributed by atoms with Gasteiger partial charge in [0, 0.05) is 0 Å². The molecule has 0 radical (unpaired) electrons. The Kier molecular flexibility index (Phi) is 5.57. The number of ether oxygens (including phenoxy) is 1. The van der Waals surface area contributed by atoms with Crippen LogP contribution in [-0.4, -0.2) is 21.6 Å². The van der Waals surface area contributed by atoms with E-state index in [0.717, 1.165) is 16.9 Å². The van der Waals surface area contributed by atoms with Crippen LogP contribution in [0.25, 0.3) is 0 Å². The van der Waals surface area contributed by atoms with Gasteiger partial charge in [-0.3, -0.25) is 4.18 Å². The van der Waals surface area contributed by atoms with E-state index in [1.807, 2.05) is 38.1 Å². The third-order valence-electron chi connectivity index (χ3n) is 3.17. The molecule has 0 bridgehead atoms. The van der Waals surface area contributed by atoms with E-state index in [9.17, 15) is 8.42 Å². The molecule has 22 heavy (non-hydrogen) atoms. The first-order chi connectivity index (χ1) is 10.5. The molecule has 0 aliphatic carbocycles. The zero-order valence-electron chi connectivity index (χ0n) is 12.8. The first-order valence-electron chi connectivity index (χ1n) is 7.19. The van der Waals surface area contributed by atoms with Gasteiger partial charge in [-0.05, 0) is 50.1 Å². The fraction of sp³-hybridized carbons (Fsp3) is 0.294. The minimum atomic E-state index is -3.69. The topological polar surface area (TPSA) is 52.6 Å². The van der Waals surface area contributed by atoms with Crippen LogP contribution in [0.4, 0.5) is 0 Å². The second-order valence-corrected chi connectivity index (χ2v) is 6.53. The van der Waals surface area contributed by atoms with Gasteiger partial charge in [-0.25, -0.2) is 0 Å². The van der Waals surface area contributed by atoms with Crippen molar-refractivity contribution in [2.75, 3.05) is 13.2 Å². The third-order valence-corrected chi connectivity index (χ3v) is 4.50. The van der Waals surface area contributed by atoms with Crippen LogP contribution < -0.4 is 4.74 Å². The largest absolute Gasteiger partial charge is 0.494 e. The first-order valence-corrected chi connectivity index (χ1v) is 8.60. The second-order valence-electron chi connectivity index (χ2n) is 4.92. The molecule has 0 aliphatic rings. The average Bonchev–Trinajstić information content (AvgIpc) is 2.50. The molecule has 0 saturated carbocycles. The lowest BCUT2D eigenvalue weighted by Crippen LogP contribution is -2.09. The third kappa shape index (κ3) is 4.58. The SMILES string of the molecule is CCOc1ccc(CCOS(=O)(=O)c2ccc(C)cc2)cc1. The highest BCUT2D eigenvalue weighted by molar-refractivity contribution is 7.86. The smallest absolute Gasteiger partial charge is 0.296 e. The molecule has 5 heteroatoms. The van der Waals surface area contributed by atoms with Crippen molar-refractivity contribution in [3.05, 3.63) is 59.7 Å². The van der Waals surface area contributed by atoms with E-state index < -0.39 is 10.1 Å². The van der Waals surface area contributed by atoms with Crippen molar-refractivity contribution in [1.82, 2.24) is 0 Å². The Morgan fingerprint density at radius 3 is 2.18 bits per heavy atom. The van der Waals surface area contributed by atoms with Crippen LogP contribution in [0.2, 0.25) is 0 Å². The number of benzene rings is 2. The summed E-state index contributed by atoms with van der Waals surface area (Å²) in [5, 5.41) is 0. The standard InChI is InChI=1S/C17H20O4S/c1-3-20-16-8-6-15(7-9-16)12-13-21-22(18,19)17-10-4-14(2)5-11-17/h4-11H,3,12-13H2,1-2H3. The Morgan fingerprint density at radius 2 is 1.59 bits per heavy atom. The monoisotopic (exact) mass is 320 g/mol. The summed E-state index contributed by atoms with van der Waals surface area (Å²) in [5.41, 5.74) is 2.01. The van der Waals surface area contributed by atoms with E-state index in [4.69, 9.17) is 8.92 Å². The second kappa shape index (κ2) is 7.42. The molecule has 0 spiro atoms. The maximum atomic E-state index is 12.0. The fourth-order valence-electron chi connectivity index (χ4n) is 1.96. The molecule has 0 atom stereocenters. The van der Waals surface area contributed by atoms with Crippen LogP contribution >= 0.6 is 0 Å². The van der Waals surface area contributed by atoms with Gasteiger partial charge >= 0.3 is 0 Å². The minimum absolute atomic E-state index is 0.115. The molecule has 0 heterocycles. The van der Waals surface area contributed by atoms with Crippen molar-refractivity contribution in [3.8, 4) is 5.75 Å². The quantitative estimate of drug-likeness (QED) is 0.734.